The lowest BCUT2D eigenvalue weighted by Crippen LogP contribution is -2.60. The molecule has 18 heavy (non-hydrogen) atoms. The predicted molar refractivity (Wildman–Crippen MR) is 71.6 cm³/mol. The molecule has 1 aliphatic carbocycles. The smallest absolute Gasteiger partial charge is 0.0920 e. The summed E-state index contributed by atoms with van der Waals surface area (Å²) in [6, 6.07) is 10.1. The molecule has 1 saturated heterocycles. The number of benzene rings is 1. The summed E-state index contributed by atoms with van der Waals surface area (Å²) in [7, 11) is 0. The first kappa shape index (κ1) is 12.0. The molecule has 98 valence electrons. The molecule has 1 saturated carbocycles. The van der Waals surface area contributed by atoms with Crippen LogP contribution in [0.4, 0.5) is 5.69 Å². The molecule has 1 aromatic carbocycles. The van der Waals surface area contributed by atoms with E-state index in [0.717, 1.165) is 24.9 Å². The van der Waals surface area contributed by atoms with E-state index in [1.54, 1.807) is 0 Å². The van der Waals surface area contributed by atoms with Crippen LogP contribution >= 0.6 is 0 Å². The van der Waals surface area contributed by atoms with E-state index in [-0.39, 0.29) is 6.04 Å². The summed E-state index contributed by atoms with van der Waals surface area (Å²) in [5, 5.41) is 14.4. The van der Waals surface area contributed by atoms with Gasteiger partial charge in [-0.1, -0.05) is 31.0 Å². The van der Waals surface area contributed by atoms with Gasteiger partial charge in [0.15, 0.2) is 0 Å². The van der Waals surface area contributed by atoms with Gasteiger partial charge in [0.25, 0.3) is 0 Å². The molecule has 2 N–H and O–H groups in total. The molecule has 2 aliphatic rings. The largest absolute Gasteiger partial charge is 0.387 e. The lowest BCUT2D eigenvalue weighted by Gasteiger charge is -2.48. The normalized spacial score (nSPS) is 35.8. The Morgan fingerprint density at radius 3 is 2.83 bits per heavy atom. The zero-order chi connectivity index (χ0) is 12.4. The second kappa shape index (κ2) is 4.90. The molecule has 1 heterocycles. The first-order valence-corrected chi connectivity index (χ1v) is 6.91. The Bertz CT molecular complexity index is 393. The summed E-state index contributed by atoms with van der Waals surface area (Å²) in [5.41, 5.74) is 0.470. The second-order valence-electron chi connectivity index (χ2n) is 5.53. The maximum Gasteiger partial charge on any atom is 0.0920 e. The van der Waals surface area contributed by atoms with Crippen molar-refractivity contribution in [2.75, 3.05) is 18.5 Å². The highest BCUT2D eigenvalue weighted by molar-refractivity contribution is 5.44. The number of nitrogens with one attached hydrogen (secondary N) is 1. The van der Waals surface area contributed by atoms with Crippen LogP contribution in [0.15, 0.2) is 30.3 Å². The Balaban J connectivity index is 1.78. The quantitative estimate of drug-likeness (QED) is 0.843. The molecule has 0 spiro atoms. The third-order valence-electron chi connectivity index (χ3n) is 4.41. The molecular formula is C15H21NO2. The second-order valence-corrected chi connectivity index (χ2v) is 5.53. The fourth-order valence-corrected chi connectivity index (χ4v) is 3.31. The highest BCUT2D eigenvalue weighted by atomic mass is 16.5. The summed E-state index contributed by atoms with van der Waals surface area (Å²) >= 11 is 0. The number of hydrogen-bond acceptors (Lipinski definition) is 3. The van der Waals surface area contributed by atoms with Crippen LogP contribution in [-0.2, 0) is 4.74 Å². The minimum atomic E-state index is -0.591. The topological polar surface area (TPSA) is 41.5 Å². The van der Waals surface area contributed by atoms with Crippen LogP contribution in [0.5, 0.6) is 0 Å². The maximum absolute atomic E-state index is 11.0. The van der Waals surface area contributed by atoms with Crippen molar-refractivity contribution >= 4 is 5.69 Å². The van der Waals surface area contributed by atoms with E-state index in [4.69, 9.17) is 4.74 Å². The summed E-state index contributed by atoms with van der Waals surface area (Å²) in [5.74, 6) is 0.293. The van der Waals surface area contributed by atoms with E-state index in [1.807, 2.05) is 30.3 Å². The Morgan fingerprint density at radius 2 is 2.00 bits per heavy atom. The maximum atomic E-state index is 11.0. The van der Waals surface area contributed by atoms with Gasteiger partial charge < -0.3 is 15.2 Å². The highest BCUT2D eigenvalue weighted by Crippen LogP contribution is 2.40. The van der Waals surface area contributed by atoms with Crippen molar-refractivity contribution in [3.63, 3.8) is 0 Å². The molecule has 3 rings (SSSR count). The summed E-state index contributed by atoms with van der Waals surface area (Å²) < 4.78 is 5.67. The SMILES string of the molecule is O[C@]12CCCC[C@@H]1COC[C@H]2Nc1ccccc1. The number of aliphatic hydroxyl groups is 1. The van der Waals surface area contributed by atoms with Crippen molar-refractivity contribution in [3.8, 4) is 0 Å². The monoisotopic (exact) mass is 247 g/mol. The Morgan fingerprint density at radius 1 is 1.17 bits per heavy atom. The number of hydrogen-bond donors (Lipinski definition) is 2. The van der Waals surface area contributed by atoms with Gasteiger partial charge >= 0.3 is 0 Å². The Kier molecular flexibility index (Phi) is 3.27. The average Bonchev–Trinajstić information content (AvgIpc) is 2.41. The molecule has 3 heteroatoms. The number of para-hydroxylation sites is 1. The van der Waals surface area contributed by atoms with Crippen molar-refractivity contribution in [3.05, 3.63) is 30.3 Å². The number of fused-ring (bicyclic) bond motifs is 1. The van der Waals surface area contributed by atoms with E-state index in [2.05, 4.69) is 5.32 Å². The van der Waals surface area contributed by atoms with E-state index in [0.29, 0.717) is 19.1 Å². The van der Waals surface area contributed by atoms with Crippen molar-refractivity contribution in [1.82, 2.24) is 0 Å². The third kappa shape index (κ3) is 2.13. The lowest BCUT2D eigenvalue weighted by atomic mass is 9.70. The van der Waals surface area contributed by atoms with Gasteiger partial charge in [-0.05, 0) is 25.0 Å². The number of rotatable bonds is 2. The Labute approximate surface area is 108 Å². The highest BCUT2D eigenvalue weighted by Gasteiger charge is 2.48. The first-order valence-electron chi connectivity index (χ1n) is 6.91. The third-order valence-corrected chi connectivity index (χ3v) is 4.41. The zero-order valence-corrected chi connectivity index (χ0v) is 10.6. The predicted octanol–water partition coefficient (Wildman–Crippen LogP) is 2.42. The molecule has 0 radical (unpaired) electrons. The van der Waals surface area contributed by atoms with Crippen LogP contribution in [0.3, 0.4) is 0 Å². The average molecular weight is 247 g/mol. The fraction of sp³-hybridized carbons (Fsp3) is 0.600. The van der Waals surface area contributed by atoms with Gasteiger partial charge in [-0.2, -0.15) is 0 Å². The van der Waals surface area contributed by atoms with Crippen LogP contribution in [0, 0.1) is 5.92 Å². The summed E-state index contributed by atoms with van der Waals surface area (Å²) in [6.07, 6.45) is 4.32. The van der Waals surface area contributed by atoms with Crippen LogP contribution < -0.4 is 5.32 Å². The van der Waals surface area contributed by atoms with Crippen LogP contribution in [0.2, 0.25) is 0 Å². The molecule has 3 nitrogen and oxygen atoms in total. The molecular weight excluding hydrogens is 226 g/mol. The molecule has 0 aromatic heterocycles. The molecule has 0 bridgehead atoms. The van der Waals surface area contributed by atoms with Crippen LogP contribution in [0.1, 0.15) is 25.7 Å². The van der Waals surface area contributed by atoms with Crippen molar-refractivity contribution < 1.29 is 9.84 Å². The Hall–Kier alpha value is -1.06. The van der Waals surface area contributed by atoms with Crippen molar-refractivity contribution in [2.24, 2.45) is 5.92 Å². The fourth-order valence-electron chi connectivity index (χ4n) is 3.31. The van der Waals surface area contributed by atoms with Gasteiger partial charge in [0.2, 0.25) is 0 Å². The molecule has 3 atom stereocenters. The molecule has 0 amide bonds. The van der Waals surface area contributed by atoms with E-state index < -0.39 is 5.60 Å². The van der Waals surface area contributed by atoms with Gasteiger partial charge in [-0.25, -0.2) is 0 Å². The number of ether oxygens (including phenoxy) is 1. The van der Waals surface area contributed by atoms with E-state index in [9.17, 15) is 5.11 Å². The molecule has 1 aliphatic heterocycles. The van der Waals surface area contributed by atoms with Gasteiger partial charge in [0.05, 0.1) is 24.9 Å². The standard InChI is InChI=1S/C15H21NO2/c17-15-9-5-4-6-12(15)10-18-11-14(15)16-13-7-2-1-3-8-13/h1-3,7-8,12,14,16-17H,4-6,9-11H2/t12-,14-,15-/m1/s1. The summed E-state index contributed by atoms with van der Waals surface area (Å²) in [6.45, 7) is 1.31. The van der Waals surface area contributed by atoms with Gasteiger partial charge in [-0.15, -0.1) is 0 Å². The zero-order valence-electron chi connectivity index (χ0n) is 10.6. The van der Waals surface area contributed by atoms with E-state index >= 15 is 0 Å². The minimum absolute atomic E-state index is 0.0129. The summed E-state index contributed by atoms with van der Waals surface area (Å²) in [4.78, 5) is 0. The first-order chi connectivity index (χ1) is 8.79. The van der Waals surface area contributed by atoms with Crippen molar-refractivity contribution in [1.29, 1.82) is 0 Å². The number of anilines is 1. The van der Waals surface area contributed by atoms with Gasteiger partial charge in [0, 0.05) is 11.6 Å². The minimum Gasteiger partial charge on any atom is -0.387 e. The molecule has 0 unspecified atom stereocenters. The van der Waals surface area contributed by atoms with Crippen LogP contribution in [0.25, 0.3) is 0 Å². The molecule has 1 aromatic rings. The van der Waals surface area contributed by atoms with Crippen molar-refractivity contribution in [2.45, 2.75) is 37.3 Å². The van der Waals surface area contributed by atoms with E-state index in [1.165, 1.54) is 6.42 Å². The van der Waals surface area contributed by atoms with Gasteiger partial charge in [-0.3, -0.25) is 0 Å². The molecule has 2 fully saturated rings. The van der Waals surface area contributed by atoms with Crippen LogP contribution in [-0.4, -0.2) is 30.0 Å². The van der Waals surface area contributed by atoms with Gasteiger partial charge in [0.1, 0.15) is 0 Å². The lowest BCUT2D eigenvalue weighted by molar-refractivity contribution is -0.139.